The maximum absolute atomic E-state index is 12.5. The van der Waals surface area contributed by atoms with Crippen molar-refractivity contribution in [3.8, 4) is 5.75 Å². The molecule has 0 saturated heterocycles. The van der Waals surface area contributed by atoms with Crippen LogP contribution in [0.4, 0.5) is 0 Å². The van der Waals surface area contributed by atoms with Gasteiger partial charge in [-0.1, -0.05) is 50.1 Å². The SMILES string of the molecule is CCCCCOc1ccc(C(=O)NC(C(=O)OC)c2ccccc2)cc1. The first kappa shape index (κ1) is 19.5. The number of nitrogens with one attached hydrogen (secondary N) is 1. The lowest BCUT2D eigenvalue weighted by molar-refractivity contribution is -0.143. The summed E-state index contributed by atoms with van der Waals surface area (Å²) in [5, 5.41) is 2.73. The van der Waals surface area contributed by atoms with Crippen molar-refractivity contribution in [2.75, 3.05) is 13.7 Å². The molecule has 0 saturated carbocycles. The standard InChI is InChI=1S/C21H25NO4/c1-3-4-8-15-26-18-13-11-17(12-14-18)20(23)22-19(21(24)25-2)16-9-6-5-7-10-16/h5-7,9-14,19H,3-4,8,15H2,1-2H3,(H,22,23). The van der Waals surface area contributed by atoms with Crippen molar-refractivity contribution < 1.29 is 19.1 Å². The number of carbonyl (C=O) groups excluding carboxylic acids is 2. The minimum absolute atomic E-state index is 0.346. The molecule has 1 N–H and O–H groups in total. The van der Waals surface area contributed by atoms with Crippen LogP contribution >= 0.6 is 0 Å². The van der Waals surface area contributed by atoms with E-state index in [1.165, 1.54) is 7.11 Å². The van der Waals surface area contributed by atoms with Gasteiger partial charge in [0.1, 0.15) is 5.75 Å². The second-order valence-electron chi connectivity index (χ2n) is 5.92. The highest BCUT2D eigenvalue weighted by Crippen LogP contribution is 2.17. The van der Waals surface area contributed by atoms with Gasteiger partial charge in [-0.25, -0.2) is 4.79 Å². The topological polar surface area (TPSA) is 64.6 Å². The molecule has 0 aliphatic carbocycles. The number of benzene rings is 2. The summed E-state index contributed by atoms with van der Waals surface area (Å²) in [4.78, 5) is 24.5. The van der Waals surface area contributed by atoms with Crippen molar-refractivity contribution in [1.82, 2.24) is 5.32 Å². The summed E-state index contributed by atoms with van der Waals surface area (Å²) in [7, 11) is 1.30. The van der Waals surface area contributed by atoms with Crippen LogP contribution in [-0.2, 0) is 9.53 Å². The van der Waals surface area contributed by atoms with E-state index < -0.39 is 12.0 Å². The molecule has 0 bridgehead atoms. The van der Waals surface area contributed by atoms with Crippen LogP contribution in [0.15, 0.2) is 54.6 Å². The normalized spacial score (nSPS) is 11.5. The van der Waals surface area contributed by atoms with E-state index in [2.05, 4.69) is 12.2 Å². The molecule has 0 spiro atoms. The lowest BCUT2D eigenvalue weighted by Crippen LogP contribution is -2.34. The summed E-state index contributed by atoms with van der Waals surface area (Å²) in [6.07, 6.45) is 3.29. The van der Waals surface area contributed by atoms with E-state index in [9.17, 15) is 9.59 Å². The molecule has 2 aromatic carbocycles. The average molecular weight is 355 g/mol. The second-order valence-corrected chi connectivity index (χ2v) is 5.92. The van der Waals surface area contributed by atoms with Crippen LogP contribution in [0.25, 0.3) is 0 Å². The number of hydrogen-bond donors (Lipinski definition) is 1. The Morgan fingerprint density at radius 3 is 2.31 bits per heavy atom. The van der Waals surface area contributed by atoms with Crippen LogP contribution in [0.1, 0.15) is 48.1 Å². The number of hydrogen-bond acceptors (Lipinski definition) is 4. The van der Waals surface area contributed by atoms with Gasteiger partial charge < -0.3 is 14.8 Å². The molecule has 2 aromatic rings. The molecule has 1 amide bonds. The van der Waals surface area contributed by atoms with Crippen LogP contribution in [-0.4, -0.2) is 25.6 Å². The van der Waals surface area contributed by atoms with E-state index in [1.54, 1.807) is 36.4 Å². The maximum Gasteiger partial charge on any atom is 0.333 e. The minimum atomic E-state index is -0.848. The van der Waals surface area contributed by atoms with Gasteiger partial charge in [-0.3, -0.25) is 4.79 Å². The second kappa shape index (κ2) is 10.2. The zero-order valence-electron chi connectivity index (χ0n) is 15.2. The molecule has 2 rings (SSSR count). The summed E-state index contributed by atoms with van der Waals surface area (Å²) < 4.78 is 10.5. The fourth-order valence-electron chi connectivity index (χ4n) is 2.50. The molecule has 138 valence electrons. The van der Waals surface area contributed by atoms with Gasteiger partial charge in [0.15, 0.2) is 6.04 Å². The smallest absolute Gasteiger partial charge is 0.333 e. The molecular formula is C21H25NO4. The van der Waals surface area contributed by atoms with E-state index in [0.29, 0.717) is 17.7 Å². The van der Waals surface area contributed by atoms with Crippen LogP contribution in [0.2, 0.25) is 0 Å². The first-order valence-electron chi connectivity index (χ1n) is 8.82. The zero-order chi connectivity index (χ0) is 18.8. The van der Waals surface area contributed by atoms with Crippen molar-refractivity contribution in [3.63, 3.8) is 0 Å². The highest BCUT2D eigenvalue weighted by Gasteiger charge is 2.23. The molecule has 26 heavy (non-hydrogen) atoms. The molecule has 1 atom stereocenters. The third kappa shape index (κ3) is 5.62. The van der Waals surface area contributed by atoms with Gasteiger partial charge in [0.25, 0.3) is 5.91 Å². The Hall–Kier alpha value is -2.82. The first-order valence-corrected chi connectivity index (χ1v) is 8.82. The zero-order valence-corrected chi connectivity index (χ0v) is 15.2. The summed E-state index contributed by atoms with van der Waals surface area (Å²) in [6, 6.07) is 15.0. The van der Waals surface area contributed by atoms with E-state index in [4.69, 9.17) is 9.47 Å². The number of unbranched alkanes of at least 4 members (excludes halogenated alkanes) is 2. The van der Waals surface area contributed by atoms with E-state index in [1.807, 2.05) is 18.2 Å². The number of ether oxygens (including phenoxy) is 2. The molecule has 1 unspecified atom stereocenters. The summed E-state index contributed by atoms with van der Waals surface area (Å²) in [5.74, 6) is -0.132. The summed E-state index contributed by atoms with van der Waals surface area (Å²) in [6.45, 7) is 2.81. The highest BCUT2D eigenvalue weighted by molar-refractivity contribution is 5.97. The number of methoxy groups -OCH3 is 1. The number of carbonyl (C=O) groups is 2. The molecule has 0 fully saturated rings. The molecule has 0 aliphatic rings. The summed E-state index contributed by atoms with van der Waals surface area (Å²) in [5.41, 5.74) is 1.12. The Labute approximate surface area is 154 Å². The van der Waals surface area contributed by atoms with Crippen molar-refractivity contribution in [2.45, 2.75) is 32.2 Å². The first-order chi connectivity index (χ1) is 12.7. The van der Waals surface area contributed by atoms with Crippen LogP contribution in [0.5, 0.6) is 5.75 Å². The van der Waals surface area contributed by atoms with Gasteiger partial charge in [-0.05, 0) is 36.2 Å². The molecule has 5 heteroatoms. The lowest BCUT2D eigenvalue weighted by Gasteiger charge is -2.17. The number of rotatable bonds is 9. The van der Waals surface area contributed by atoms with Crippen LogP contribution in [0, 0.1) is 0 Å². The molecule has 0 radical (unpaired) electrons. The van der Waals surface area contributed by atoms with Gasteiger partial charge in [0, 0.05) is 5.56 Å². The Bertz CT molecular complexity index is 698. The van der Waals surface area contributed by atoms with E-state index >= 15 is 0 Å². The van der Waals surface area contributed by atoms with Crippen molar-refractivity contribution in [1.29, 1.82) is 0 Å². The molecule has 0 aliphatic heterocycles. The predicted octanol–water partition coefficient (Wildman–Crippen LogP) is 3.90. The van der Waals surface area contributed by atoms with Gasteiger partial charge in [0.2, 0.25) is 0 Å². The Morgan fingerprint density at radius 2 is 1.69 bits per heavy atom. The fraction of sp³-hybridized carbons (Fsp3) is 0.333. The third-order valence-electron chi connectivity index (χ3n) is 3.98. The Kier molecular flexibility index (Phi) is 7.68. The van der Waals surface area contributed by atoms with Gasteiger partial charge >= 0.3 is 5.97 Å². The van der Waals surface area contributed by atoms with Crippen LogP contribution in [0.3, 0.4) is 0 Å². The Morgan fingerprint density at radius 1 is 1.00 bits per heavy atom. The predicted molar refractivity (Wildman–Crippen MR) is 100 cm³/mol. The number of amides is 1. The largest absolute Gasteiger partial charge is 0.494 e. The highest BCUT2D eigenvalue weighted by atomic mass is 16.5. The Balaban J connectivity index is 2.01. The van der Waals surface area contributed by atoms with Gasteiger partial charge in [0.05, 0.1) is 13.7 Å². The molecule has 5 nitrogen and oxygen atoms in total. The fourth-order valence-corrected chi connectivity index (χ4v) is 2.50. The van der Waals surface area contributed by atoms with E-state index in [0.717, 1.165) is 25.0 Å². The van der Waals surface area contributed by atoms with Crippen molar-refractivity contribution >= 4 is 11.9 Å². The molecular weight excluding hydrogens is 330 g/mol. The number of esters is 1. The monoisotopic (exact) mass is 355 g/mol. The van der Waals surface area contributed by atoms with Crippen molar-refractivity contribution in [3.05, 3.63) is 65.7 Å². The minimum Gasteiger partial charge on any atom is -0.494 e. The van der Waals surface area contributed by atoms with Crippen LogP contribution < -0.4 is 10.1 Å². The van der Waals surface area contributed by atoms with Gasteiger partial charge in [-0.15, -0.1) is 0 Å². The lowest BCUT2D eigenvalue weighted by atomic mass is 10.1. The van der Waals surface area contributed by atoms with Crippen molar-refractivity contribution in [2.24, 2.45) is 0 Å². The molecule has 0 aromatic heterocycles. The quantitative estimate of drug-likeness (QED) is 0.547. The molecule has 0 heterocycles. The maximum atomic E-state index is 12.5. The van der Waals surface area contributed by atoms with Gasteiger partial charge in [-0.2, -0.15) is 0 Å². The average Bonchev–Trinajstić information content (AvgIpc) is 2.69. The summed E-state index contributed by atoms with van der Waals surface area (Å²) >= 11 is 0. The third-order valence-corrected chi connectivity index (χ3v) is 3.98. The van der Waals surface area contributed by atoms with E-state index in [-0.39, 0.29) is 5.91 Å².